The van der Waals surface area contributed by atoms with E-state index in [2.05, 4.69) is 12.2 Å². The van der Waals surface area contributed by atoms with E-state index in [0.29, 0.717) is 22.6 Å². The molecule has 122 valence electrons. The Balaban J connectivity index is 1.83. The standard InChI is InChI=1S/C16H23NO3S2/c1-12-5-3-4-6-15(12)17-16(18)11-21-13-7-9-14(10-8-13)22(2,19)20/h7-10,12,15H,3-6,11H2,1-2H3,(H,17,18)/t12-,15+/m1/s1. The van der Waals surface area contributed by atoms with Gasteiger partial charge >= 0.3 is 0 Å². The van der Waals surface area contributed by atoms with Crippen LogP contribution in [0.25, 0.3) is 0 Å². The summed E-state index contributed by atoms with van der Waals surface area (Å²) < 4.78 is 22.8. The van der Waals surface area contributed by atoms with E-state index in [9.17, 15) is 13.2 Å². The lowest BCUT2D eigenvalue weighted by Crippen LogP contribution is -2.41. The average molecular weight is 341 g/mol. The Morgan fingerprint density at radius 2 is 1.86 bits per heavy atom. The van der Waals surface area contributed by atoms with Gasteiger partial charge in [0.25, 0.3) is 0 Å². The van der Waals surface area contributed by atoms with Gasteiger partial charge in [-0.1, -0.05) is 19.8 Å². The largest absolute Gasteiger partial charge is 0.352 e. The number of rotatable bonds is 5. The highest BCUT2D eigenvalue weighted by atomic mass is 32.2. The van der Waals surface area contributed by atoms with Crippen LogP contribution in [0.2, 0.25) is 0 Å². The van der Waals surface area contributed by atoms with Gasteiger partial charge in [-0.05, 0) is 43.0 Å². The van der Waals surface area contributed by atoms with Gasteiger partial charge in [-0.2, -0.15) is 0 Å². The summed E-state index contributed by atoms with van der Waals surface area (Å²) in [7, 11) is -3.16. The number of benzene rings is 1. The maximum absolute atomic E-state index is 12.0. The lowest BCUT2D eigenvalue weighted by atomic mass is 9.86. The third-order valence-electron chi connectivity index (χ3n) is 4.08. The van der Waals surface area contributed by atoms with Crippen LogP contribution in [0.3, 0.4) is 0 Å². The molecule has 0 saturated heterocycles. The molecule has 0 bridgehead atoms. The number of carbonyl (C=O) groups is 1. The van der Waals surface area contributed by atoms with Gasteiger partial charge in [-0.15, -0.1) is 11.8 Å². The maximum Gasteiger partial charge on any atom is 0.230 e. The minimum Gasteiger partial charge on any atom is -0.352 e. The zero-order valence-electron chi connectivity index (χ0n) is 13.0. The van der Waals surface area contributed by atoms with Gasteiger partial charge in [0.15, 0.2) is 9.84 Å². The van der Waals surface area contributed by atoms with Crippen molar-refractivity contribution >= 4 is 27.5 Å². The molecule has 2 rings (SSSR count). The smallest absolute Gasteiger partial charge is 0.230 e. The summed E-state index contributed by atoms with van der Waals surface area (Å²) in [6, 6.07) is 6.96. The number of nitrogens with one attached hydrogen (secondary N) is 1. The Labute approximate surface area is 137 Å². The number of amides is 1. The molecule has 22 heavy (non-hydrogen) atoms. The van der Waals surface area contributed by atoms with Crippen molar-refractivity contribution in [2.75, 3.05) is 12.0 Å². The summed E-state index contributed by atoms with van der Waals surface area (Å²) in [5.41, 5.74) is 0. The molecular formula is C16H23NO3S2. The van der Waals surface area contributed by atoms with E-state index in [4.69, 9.17) is 0 Å². The monoisotopic (exact) mass is 341 g/mol. The molecular weight excluding hydrogens is 318 g/mol. The van der Waals surface area contributed by atoms with Gasteiger partial charge < -0.3 is 5.32 Å². The fraction of sp³-hybridized carbons (Fsp3) is 0.562. The van der Waals surface area contributed by atoms with Gasteiger partial charge in [0, 0.05) is 17.2 Å². The number of hydrogen-bond donors (Lipinski definition) is 1. The second-order valence-corrected chi connectivity index (χ2v) is 9.03. The zero-order chi connectivity index (χ0) is 16.2. The van der Waals surface area contributed by atoms with Crippen LogP contribution in [-0.2, 0) is 14.6 Å². The lowest BCUT2D eigenvalue weighted by Gasteiger charge is -2.29. The van der Waals surface area contributed by atoms with Crippen molar-refractivity contribution in [1.82, 2.24) is 5.32 Å². The number of hydrogen-bond acceptors (Lipinski definition) is 4. The molecule has 1 aromatic carbocycles. The molecule has 0 radical (unpaired) electrons. The van der Waals surface area contributed by atoms with E-state index in [1.54, 1.807) is 24.3 Å². The second-order valence-electron chi connectivity index (χ2n) is 5.97. The van der Waals surface area contributed by atoms with Crippen molar-refractivity contribution in [2.24, 2.45) is 5.92 Å². The molecule has 0 aliphatic heterocycles. The van der Waals surface area contributed by atoms with Crippen molar-refractivity contribution in [3.8, 4) is 0 Å². The molecule has 2 atom stereocenters. The van der Waals surface area contributed by atoms with E-state index < -0.39 is 9.84 Å². The van der Waals surface area contributed by atoms with Gasteiger partial charge in [0.1, 0.15) is 0 Å². The van der Waals surface area contributed by atoms with Crippen LogP contribution in [-0.4, -0.2) is 32.4 Å². The third kappa shape index (κ3) is 5.02. The SMILES string of the molecule is C[C@@H]1CCCC[C@@H]1NC(=O)CSc1ccc(S(C)(=O)=O)cc1. The summed E-state index contributed by atoms with van der Waals surface area (Å²) in [6.07, 6.45) is 5.89. The highest BCUT2D eigenvalue weighted by Crippen LogP contribution is 2.24. The molecule has 0 unspecified atom stereocenters. The topological polar surface area (TPSA) is 63.2 Å². The summed E-state index contributed by atoms with van der Waals surface area (Å²) in [4.78, 5) is 13.2. The number of carbonyl (C=O) groups excluding carboxylic acids is 1. The van der Waals surface area contributed by atoms with Crippen molar-refractivity contribution in [3.63, 3.8) is 0 Å². The Hall–Kier alpha value is -1.01. The Morgan fingerprint density at radius 3 is 2.45 bits per heavy atom. The van der Waals surface area contributed by atoms with E-state index in [1.165, 1.54) is 37.3 Å². The van der Waals surface area contributed by atoms with E-state index in [1.807, 2.05) is 0 Å². The Kier molecular flexibility index (Phi) is 5.92. The first-order valence-electron chi connectivity index (χ1n) is 7.58. The van der Waals surface area contributed by atoms with Gasteiger partial charge in [-0.3, -0.25) is 4.79 Å². The number of thioether (sulfide) groups is 1. The highest BCUT2D eigenvalue weighted by molar-refractivity contribution is 8.00. The first kappa shape index (κ1) is 17.3. The zero-order valence-corrected chi connectivity index (χ0v) is 14.7. The summed E-state index contributed by atoms with van der Waals surface area (Å²) in [6.45, 7) is 2.20. The van der Waals surface area contributed by atoms with Crippen LogP contribution < -0.4 is 5.32 Å². The second kappa shape index (κ2) is 7.51. The molecule has 1 aliphatic rings. The summed E-state index contributed by atoms with van der Waals surface area (Å²) in [5, 5.41) is 3.12. The molecule has 0 heterocycles. The molecule has 0 spiro atoms. The first-order valence-corrected chi connectivity index (χ1v) is 10.5. The van der Waals surface area contributed by atoms with E-state index >= 15 is 0 Å². The maximum atomic E-state index is 12.0. The first-order chi connectivity index (χ1) is 10.4. The normalized spacial score (nSPS) is 22.3. The minimum atomic E-state index is -3.16. The fourth-order valence-electron chi connectivity index (χ4n) is 2.71. The minimum absolute atomic E-state index is 0.0518. The van der Waals surface area contributed by atoms with E-state index in [-0.39, 0.29) is 5.91 Å². The summed E-state index contributed by atoms with van der Waals surface area (Å²) in [5.74, 6) is 0.967. The predicted molar refractivity (Wildman–Crippen MR) is 89.8 cm³/mol. The Bertz CT molecular complexity index is 611. The van der Waals surface area contributed by atoms with Crippen LogP contribution in [0.5, 0.6) is 0 Å². The molecule has 6 heteroatoms. The predicted octanol–water partition coefficient (Wildman–Crippen LogP) is 2.88. The van der Waals surface area contributed by atoms with Gasteiger partial charge in [-0.25, -0.2) is 8.42 Å². The van der Waals surface area contributed by atoms with Crippen LogP contribution in [0.4, 0.5) is 0 Å². The van der Waals surface area contributed by atoms with Crippen molar-refractivity contribution < 1.29 is 13.2 Å². The summed E-state index contributed by atoms with van der Waals surface area (Å²) >= 11 is 1.43. The number of sulfone groups is 1. The molecule has 4 nitrogen and oxygen atoms in total. The molecule has 1 N–H and O–H groups in total. The average Bonchev–Trinajstić information content (AvgIpc) is 2.47. The lowest BCUT2D eigenvalue weighted by molar-refractivity contribution is -0.119. The van der Waals surface area contributed by atoms with Crippen LogP contribution in [0.15, 0.2) is 34.1 Å². The van der Waals surface area contributed by atoms with Crippen LogP contribution in [0, 0.1) is 5.92 Å². The molecule has 1 aromatic rings. The van der Waals surface area contributed by atoms with Gasteiger partial charge in [0.2, 0.25) is 5.91 Å². The van der Waals surface area contributed by atoms with E-state index in [0.717, 1.165) is 11.3 Å². The third-order valence-corrected chi connectivity index (χ3v) is 6.22. The molecule has 1 fully saturated rings. The van der Waals surface area contributed by atoms with Crippen molar-refractivity contribution in [2.45, 2.75) is 48.4 Å². The molecule has 1 amide bonds. The molecule has 1 saturated carbocycles. The van der Waals surface area contributed by atoms with Gasteiger partial charge in [0.05, 0.1) is 10.6 Å². The highest BCUT2D eigenvalue weighted by Gasteiger charge is 2.22. The van der Waals surface area contributed by atoms with Crippen LogP contribution >= 0.6 is 11.8 Å². The van der Waals surface area contributed by atoms with Crippen molar-refractivity contribution in [3.05, 3.63) is 24.3 Å². The van der Waals surface area contributed by atoms with Crippen molar-refractivity contribution in [1.29, 1.82) is 0 Å². The fourth-order valence-corrected chi connectivity index (χ4v) is 4.05. The molecule has 0 aromatic heterocycles. The Morgan fingerprint density at radius 1 is 1.23 bits per heavy atom. The quantitative estimate of drug-likeness (QED) is 0.837. The molecule has 1 aliphatic carbocycles. The van der Waals surface area contributed by atoms with Crippen LogP contribution in [0.1, 0.15) is 32.6 Å².